The van der Waals surface area contributed by atoms with Gasteiger partial charge in [0.25, 0.3) is 5.91 Å². The number of oxazole rings is 1. The third-order valence-electron chi connectivity index (χ3n) is 3.93. The molecule has 0 unspecified atom stereocenters. The third-order valence-corrected chi connectivity index (χ3v) is 4.18. The number of halogens is 1. The average molecular weight is 367 g/mol. The Morgan fingerprint density at radius 2 is 2.04 bits per heavy atom. The van der Waals surface area contributed by atoms with Crippen LogP contribution in [0.15, 0.2) is 59.3 Å². The summed E-state index contributed by atoms with van der Waals surface area (Å²) in [5.41, 5.74) is 3.35. The lowest BCUT2D eigenvalue weighted by atomic mass is 10.2. The van der Waals surface area contributed by atoms with E-state index >= 15 is 0 Å². The van der Waals surface area contributed by atoms with E-state index in [0.717, 1.165) is 17.6 Å². The molecule has 4 aromatic rings. The van der Waals surface area contributed by atoms with E-state index < -0.39 is 0 Å². The van der Waals surface area contributed by atoms with E-state index in [1.165, 1.54) is 6.20 Å². The molecule has 2 aromatic carbocycles. The molecule has 6 nitrogen and oxygen atoms in total. The first-order valence-electron chi connectivity index (χ1n) is 8.14. The molecule has 0 saturated carbocycles. The number of hydrogen-bond acceptors (Lipinski definition) is 4. The first-order chi connectivity index (χ1) is 12.6. The Bertz CT molecular complexity index is 1080. The van der Waals surface area contributed by atoms with E-state index in [-0.39, 0.29) is 5.91 Å². The van der Waals surface area contributed by atoms with Crippen LogP contribution in [0.5, 0.6) is 0 Å². The summed E-state index contributed by atoms with van der Waals surface area (Å²) in [4.78, 5) is 16.9. The molecule has 7 heteroatoms. The average Bonchev–Trinajstić information content (AvgIpc) is 3.29. The minimum atomic E-state index is -0.247. The van der Waals surface area contributed by atoms with Crippen LogP contribution in [-0.4, -0.2) is 20.7 Å². The largest absolute Gasteiger partial charge is 0.441 e. The van der Waals surface area contributed by atoms with Crippen molar-refractivity contribution < 1.29 is 9.21 Å². The molecular weight excluding hydrogens is 352 g/mol. The normalized spacial score (nSPS) is 11.0. The monoisotopic (exact) mass is 366 g/mol. The fraction of sp³-hybridized carbons (Fsp3) is 0.105. The number of carbonyl (C=O) groups excluding carboxylic acids is 1. The van der Waals surface area contributed by atoms with Crippen LogP contribution in [-0.2, 0) is 6.42 Å². The number of amides is 1. The van der Waals surface area contributed by atoms with Crippen molar-refractivity contribution in [3.8, 4) is 5.69 Å². The Morgan fingerprint density at radius 1 is 1.23 bits per heavy atom. The van der Waals surface area contributed by atoms with Crippen molar-refractivity contribution in [3.05, 3.63) is 71.3 Å². The summed E-state index contributed by atoms with van der Waals surface area (Å²) < 4.78 is 7.20. The quantitative estimate of drug-likeness (QED) is 0.578. The minimum absolute atomic E-state index is 0.247. The number of nitrogens with one attached hydrogen (secondary N) is 1. The number of anilines is 1. The zero-order valence-electron chi connectivity index (χ0n) is 13.9. The number of aryl methyl sites for hydroxylation is 1. The number of aromatic nitrogens is 3. The Morgan fingerprint density at radius 3 is 2.81 bits per heavy atom. The summed E-state index contributed by atoms with van der Waals surface area (Å²) >= 11 is 5.89. The van der Waals surface area contributed by atoms with Crippen LogP contribution in [0.25, 0.3) is 16.8 Å². The fourth-order valence-electron chi connectivity index (χ4n) is 2.58. The van der Waals surface area contributed by atoms with Gasteiger partial charge in [-0.2, -0.15) is 5.10 Å². The van der Waals surface area contributed by atoms with Gasteiger partial charge in [0.2, 0.25) is 0 Å². The zero-order chi connectivity index (χ0) is 18.1. The molecule has 0 aliphatic carbocycles. The lowest BCUT2D eigenvalue weighted by Gasteiger charge is -2.03. The van der Waals surface area contributed by atoms with Crippen LogP contribution >= 0.6 is 11.6 Å². The highest BCUT2D eigenvalue weighted by Gasteiger charge is 2.11. The Kier molecular flexibility index (Phi) is 4.18. The molecule has 0 atom stereocenters. The summed E-state index contributed by atoms with van der Waals surface area (Å²) in [6, 6.07) is 12.6. The second-order valence-electron chi connectivity index (χ2n) is 5.75. The van der Waals surface area contributed by atoms with Gasteiger partial charge in [0.05, 0.1) is 17.4 Å². The molecule has 0 saturated heterocycles. The standard InChI is InChI=1S/C19H15ClN4O2/c1-2-18-23-16-9-14(5-8-17(16)26-18)22-19(25)12-10-21-24(11-12)15-6-3-13(20)4-7-15/h3-11H,2H2,1H3,(H,22,25). The van der Waals surface area contributed by atoms with Gasteiger partial charge in [-0.05, 0) is 42.5 Å². The predicted octanol–water partition coefficient (Wildman–Crippen LogP) is 4.48. The van der Waals surface area contributed by atoms with Crippen LogP contribution < -0.4 is 5.32 Å². The molecule has 2 heterocycles. The predicted molar refractivity (Wildman–Crippen MR) is 99.9 cm³/mol. The number of carbonyl (C=O) groups is 1. The lowest BCUT2D eigenvalue weighted by molar-refractivity contribution is 0.102. The van der Waals surface area contributed by atoms with Gasteiger partial charge in [0.15, 0.2) is 11.5 Å². The van der Waals surface area contributed by atoms with E-state index in [2.05, 4.69) is 15.4 Å². The number of benzene rings is 2. The Labute approximate surface area is 154 Å². The Hall–Kier alpha value is -3.12. The number of nitrogens with zero attached hydrogens (tertiary/aromatic N) is 3. The van der Waals surface area contributed by atoms with E-state index in [4.69, 9.17) is 16.0 Å². The molecule has 4 rings (SSSR count). The summed E-state index contributed by atoms with van der Waals surface area (Å²) in [7, 11) is 0. The second kappa shape index (κ2) is 6.65. The molecule has 0 aliphatic heterocycles. The summed E-state index contributed by atoms with van der Waals surface area (Å²) in [5.74, 6) is 0.427. The smallest absolute Gasteiger partial charge is 0.258 e. The summed E-state index contributed by atoms with van der Waals surface area (Å²) in [6.45, 7) is 1.98. The minimum Gasteiger partial charge on any atom is -0.441 e. The van der Waals surface area contributed by atoms with Gasteiger partial charge in [0, 0.05) is 23.3 Å². The van der Waals surface area contributed by atoms with Gasteiger partial charge in [-0.1, -0.05) is 18.5 Å². The van der Waals surface area contributed by atoms with E-state index in [1.54, 1.807) is 41.2 Å². The van der Waals surface area contributed by atoms with E-state index in [1.807, 2.05) is 19.1 Å². The van der Waals surface area contributed by atoms with Crippen LogP contribution in [0.3, 0.4) is 0 Å². The van der Waals surface area contributed by atoms with Crippen LogP contribution in [0.1, 0.15) is 23.2 Å². The SMILES string of the molecule is CCc1nc2cc(NC(=O)c3cnn(-c4ccc(Cl)cc4)c3)ccc2o1. The maximum absolute atomic E-state index is 12.5. The number of fused-ring (bicyclic) bond motifs is 1. The van der Waals surface area contributed by atoms with Gasteiger partial charge < -0.3 is 9.73 Å². The number of hydrogen-bond donors (Lipinski definition) is 1. The molecular formula is C19H15ClN4O2. The highest BCUT2D eigenvalue weighted by Crippen LogP contribution is 2.21. The highest BCUT2D eigenvalue weighted by molar-refractivity contribution is 6.30. The number of rotatable bonds is 4. The van der Waals surface area contributed by atoms with Gasteiger partial charge in [-0.15, -0.1) is 0 Å². The van der Waals surface area contributed by atoms with Crippen molar-refractivity contribution in [3.63, 3.8) is 0 Å². The summed E-state index contributed by atoms with van der Waals surface area (Å²) in [6.07, 6.45) is 3.91. The van der Waals surface area contributed by atoms with E-state index in [0.29, 0.717) is 27.7 Å². The van der Waals surface area contributed by atoms with Gasteiger partial charge in [0.1, 0.15) is 5.52 Å². The van der Waals surface area contributed by atoms with Crippen LogP contribution in [0, 0.1) is 0 Å². The van der Waals surface area contributed by atoms with Gasteiger partial charge in [-0.3, -0.25) is 4.79 Å². The van der Waals surface area contributed by atoms with Crippen molar-refractivity contribution in [2.75, 3.05) is 5.32 Å². The maximum atomic E-state index is 12.5. The molecule has 0 fully saturated rings. The molecule has 26 heavy (non-hydrogen) atoms. The fourth-order valence-corrected chi connectivity index (χ4v) is 2.71. The van der Waals surface area contributed by atoms with Crippen molar-refractivity contribution in [1.82, 2.24) is 14.8 Å². The maximum Gasteiger partial charge on any atom is 0.258 e. The first-order valence-corrected chi connectivity index (χ1v) is 8.51. The topological polar surface area (TPSA) is 73.0 Å². The Balaban J connectivity index is 1.54. The second-order valence-corrected chi connectivity index (χ2v) is 6.18. The van der Waals surface area contributed by atoms with Crippen LogP contribution in [0.2, 0.25) is 5.02 Å². The highest BCUT2D eigenvalue weighted by atomic mass is 35.5. The lowest BCUT2D eigenvalue weighted by Crippen LogP contribution is -2.11. The van der Waals surface area contributed by atoms with Crippen molar-refractivity contribution in [2.45, 2.75) is 13.3 Å². The van der Waals surface area contributed by atoms with E-state index in [9.17, 15) is 4.79 Å². The third kappa shape index (κ3) is 3.19. The summed E-state index contributed by atoms with van der Waals surface area (Å²) in [5, 5.41) is 7.73. The first kappa shape index (κ1) is 16.4. The molecule has 130 valence electrons. The molecule has 1 N–H and O–H groups in total. The van der Waals surface area contributed by atoms with Crippen molar-refractivity contribution in [1.29, 1.82) is 0 Å². The molecule has 0 spiro atoms. The van der Waals surface area contributed by atoms with Gasteiger partial charge in [-0.25, -0.2) is 9.67 Å². The van der Waals surface area contributed by atoms with Crippen molar-refractivity contribution >= 4 is 34.3 Å². The molecule has 0 bridgehead atoms. The zero-order valence-corrected chi connectivity index (χ0v) is 14.7. The van der Waals surface area contributed by atoms with Crippen molar-refractivity contribution in [2.24, 2.45) is 0 Å². The van der Waals surface area contributed by atoms with Gasteiger partial charge >= 0.3 is 0 Å². The molecule has 1 amide bonds. The molecule has 0 aliphatic rings. The van der Waals surface area contributed by atoms with Crippen LogP contribution in [0.4, 0.5) is 5.69 Å². The molecule has 0 radical (unpaired) electrons. The molecule has 2 aromatic heterocycles.